The Hall–Kier alpha value is -1.25. The standard InChI is InChI=1S/C14H16ClNO/c1-9(2)10-3-5-11(6-4-10)14(16)12-7-8-13(15)17-12/h3-9,14H,16H2,1-2H3. The summed E-state index contributed by atoms with van der Waals surface area (Å²) in [5.74, 6) is 1.21. The maximum atomic E-state index is 6.10. The Morgan fingerprint density at radius 2 is 1.59 bits per heavy atom. The van der Waals surface area contributed by atoms with Gasteiger partial charge in [-0.05, 0) is 40.8 Å². The summed E-state index contributed by atoms with van der Waals surface area (Å²) in [5.41, 5.74) is 8.44. The summed E-state index contributed by atoms with van der Waals surface area (Å²) >= 11 is 5.74. The van der Waals surface area contributed by atoms with Gasteiger partial charge in [0.2, 0.25) is 0 Å². The Morgan fingerprint density at radius 1 is 1.00 bits per heavy atom. The van der Waals surface area contributed by atoms with Gasteiger partial charge in [0.1, 0.15) is 5.76 Å². The van der Waals surface area contributed by atoms with Crippen LogP contribution in [0.2, 0.25) is 5.22 Å². The van der Waals surface area contributed by atoms with Gasteiger partial charge in [-0.15, -0.1) is 0 Å². The molecule has 0 aliphatic heterocycles. The highest BCUT2D eigenvalue weighted by atomic mass is 35.5. The first-order valence-electron chi connectivity index (χ1n) is 5.68. The minimum Gasteiger partial charge on any atom is -0.448 e. The number of rotatable bonds is 3. The Kier molecular flexibility index (Phi) is 3.55. The molecule has 0 bridgehead atoms. The number of halogens is 1. The second-order valence-electron chi connectivity index (χ2n) is 4.44. The Labute approximate surface area is 106 Å². The van der Waals surface area contributed by atoms with Gasteiger partial charge in [0.25, 0.3) is 0 Å². The molecule has 90 valence electrons. The van der Waals surface area contributed by atoms with E-state index in [1.807, 2.05) is 18.2 Å². The summed E-state index contributed by atoms with van der Waals surface area (Å²) < 4.78 is 5.32. The molecule has 0 amide bonds. The molecule has 2 aromatic rings. The summed E-state index contributed by atoms with van der Waals surface area (Å²) in [6, 6.07) is 11.5. The first kappa shape index (κ1) is 12.2. The molecule has 0 spiro atoms. The van der Waals surface area contributed by atoms with Crippen molar-refractivity contribution < 1.29 is 4.42 Å². The summed E-state index contributed by atoms with van der Waals surface area (Å²) in [7, 11) is 0. The molecule has 0 saturated heterocycles. The van der Waals surface area contributed by atoms with Crippen LogP contribution in [0.5, 0.6) is 0 Å². The number of hydrogen-bond donors (Lipinski definition) is 1. The van der Waals surface area contributed by atoms with Crippen LogP contribution in [0.1, 0.15) is 42.7 Å². The maximum Gasteiger partial charge on any atom is 0.193 e. The van der Waals surface area contributed by atoms with E-state index in [1.165, 1.54) is 5.56 Å². The van der Waals surface area contributed by atoms with Crippen molar-refractivity contribution in [2.75, 3.05) is 0 Å². The number of nitrogens with two attached hydrogens (primary N) is 1. The van der Waals surface area contributed by atoms with Gasteiger partial charge in [-0.2, -0.15) is 0 Å². The van der Waals surface area contributed by atoms with E-state index in [1.54, 1.807) is 6.07 Å². The zero-order valence-electron chi connectivity index (χ0n) is 9.98. The van der Waals surface area contributed by atoms with E-state index < -0.39 is 0 Å². The summed E-state index contributed by atoms with van der Waals surface area (Å²) in [5, 5.41) is 0.370. The normalized spacial score (nSPS) is 13.0. The van der Waals surface area contributed by atoms with Gasteiger partial charge in [0.15, 0.2) is 5.22 Å². The quantitative estimate of drug-likeness (QED) is 0.889. The molecule has 1 aromatic carbocycles. The molecular formula is C14H16ClNO. The monoisotopic (exact) mass is 249 g/mol. The Morgan fingerprint density at radius 3 is 2.06 bits per heavy atom. The van der Waals surface area contributed by atoms with Crippen molar-refractivity contribution in [1.82, 2.24) is 0 Å². The topological polar surface area (TPSA) is 39.2 Å². The molecule has 1 unspecified atom stereocenters. The van der Waals surface area contributed by atoms with Gasteiger partial charge >= 0.3 is 0 Å². The molecule has 0 fully saturated rings. The Balaban J connectivity index is 2.22. The van der Waals surface area contributed by atoms with Crippen LogP contribution in [0.25, 0.3) is 0 Å². The summed E-state index contributed by atoms with van der Waals surface area (Å²) in [4.78, 5) is 0. The predicted octanol–water partition coefficient (Wildman–Crippen LogP) is 4.10. The van der Waals surface area contributed by atoms with Gasteiger partial charge in [-0.3, -0.25) is 0 Å². The van der Waals surface area contributed by atoms with Gasteiger partial charge in [-0.1, -0.05) is 38.1 Å². The van der Waals surface area contributed by atoms with Gasteiger partial charge in [0, 0.05) is 0 Å². The lowest BCUT2D eigenvalue weighted by Gasteiger charge is -2.11. The van der Waals surface area contributed by atoms with Crippen molar-refractivity contribution in [2.24, 2.45) is 5.73 Å². The third kappa shape index (κ3) is 2.71. The van der Waals surface area contributed by atoms with Crippen molar-refractivity contribution in [2.45, 2.75) is 25.8 Å². The molecule has 0 aliphatic rings. The van der Waals surface area contributed by atoms with E-state index >= 15 is 0 Å². The third-order valence-corrected chi connectivity index (χ3v) is 3.07. The molecule has 1 atom stereocenters. The lowest BCUT2D eigenvalue weighted by Crippen LogP contribution is -2.10. The SMILES string of the molecule is CC(C)c1ccc(C(N)c2ccc(Cl)o2)cc1. The second kappa shape index (κ2) is 4.94. The van der Waals surface area contributed by atoms with Crippen LogP contribution in [-0.2, 0) is 0 Å². The van der Waals surface area contributed by atoms with Crippen LogP contribution in [0.3, 0.4) is 0 Å². The van der Waals surface area contributed by atoms with Crippen LogP contribution in [0, 0.1) is 0 Å². The fourth-order valence-corrected chi connectivity index (χ4v) is 1.90. The molecule has 2 N–H and O–H groups in total. The molecular weight excluding hydrogens is 234 g/mol. The number of benzene rings is 1. The molecule has 2 nitrogen and oxygen atoms in total. The number of hydrogen-bond acceptors (Lipinski definition) is 2. The van der Waals surface area contributed by atoms with Crippen molar-refractivity contribution in [3.05, 3.63) is 58.5 Å². The van der Waals surface area contributed by atoms with Crippen molar-refractivity contribution in [1.29, 1.82) is 0 Å². The maximum absolute atomic E-state index is 6.10. The molecule has 0 saturated carbocycles. The summed E-state index contributed by atoms with van der Waals surface area (Å²) in [6.45, 7) is 4.34. The second-order valence-corrected chi connectivity index (χ2v) is 4.81. The fraction of sp³-hybridized carbons (Fsp3) is 0.286. The van der Waals surface area contributed by atoms with Crippen LogP contribution < -0.4 is 5.73 Å². The minimum atomic E-state index is -0.260. The van der Waals surface area contributed by atoms with E-state index in [2.05, 4.69) is 26.0 Å². The highest BCUT2D eigenvalue weighted by molar-refractivity contribution is 6.28. The predicted molar refractivity (Wildman–Crippen MR) is 70.3 cm³/mol. The van der Waals surface area contributed by atoms with Crippen molar-refractivity contribution >= 4 is 11.6 Å². The average molecular weight is 250 g/mol. The molecule has 0 radical (unpaired) electrons. The largest absolute Gasteiger partial charge is 0.448 e. The molecule has 0 aliphatic carbocycles. The van der Waals surface area contributed by atoms with Crippen LogP contribution in [-0.4, -0.2) is 0 Å². The third-order valence-electron chi connectivity index (χ3n) is 2.86. The van der Waals surface area contributed by atoms with E-state index in [-0.39, 0.29) is 6.04 Å². The van der Waals surface area contributed by atoms with E-state index in [0.717, 1.165) is 5.56 Å². The van der Waals surface area contributed by atoms with Crippen LogP contribution in [0.4, 0.5) is 0 Å². The van der Waals surface area contributed by atoms with Gasteiger partial charge in [0.05, 0.1) is 6.04 Å². The first-order valence-corrected chi connectivity index (χ1v) is 6.06. The smallest absolute Gasteiger partial charge is 0.193 e. The van der Waals surface area contributed by atoms with Gasteiger partial charge in [-0.25, -0.2) is 0 Å². The zero-order valence-corrected chi connectivity index (χ0v) is 10.7. The van der Waals surface area contributed by atoms with Crippen molar-refractivity contribution in [3.8, 4) is 0 Å². The van der Waals surface area contributed by atoms with E-state index in [4.69, 9.17) is 21.8 Å². The summed E-state index contributed by atoms with van der Waals surface area (Å²) in [6.07, 6.45) is 0. The lowest BCUT2D eigenvalue weighted by molar-refractivity contribution is 0.491. The lowest BCUT2D eigenvalue weighted by atomic mass is 9.98. The first-order chi connectivity index (χ1) is 8.08. The molecule has 3 heteroatoms. The van der Waals surface area contributed by atoms with Crippen molar-refractivity contribution in [3.63, 3.8) is 0 Å². The molecule has 2 rings (SSSR count). The van der Waals surface area contributed by atoms with Crippen LogP contribution >= 0.6 is 11.6 Å². The zero-order chi connectivity index (χ0) is 12.4. The molecule has 17 heavy (non-hydrogen) atoms. The highest BCUT2D eigenvalue weighted by Crippen LogP contribution is 2.25. The van der Waals surface area contributed by atoms with E-state index in [9.17, 15) is 0 Å². The molecule has 1 heterocycles. The average Bonchev–Trinajstić information content (AvgIpc) is 2.75. The Bertz CT molecular complexity index is 487. The number of furan rings is 1. The minimum absolute atomic E-state index is 0.260. The van der Waals surface area contributed by atoms with Gasteiger partial charge < -0.3 is 10.2 Å². The highest BCUT2D eigenvalue weighted by Gasteiger charge is 2.13. The van der Waals surface area contributed by atoms with E-state index in [0.29, 0.717) is 16.9 Å². The van der Waals surface area contributed by atoms with Crippen LogP contribution in [0.15, 0.2) is 40.8 Å². The molecule has 1 aromatic heterocycles. The fourth-order valence-electron chi connectivity index (χ4n) is 1.75.